The van der Waals surface area contributed by atoms with E-state index in [0.29, 0.717) is 0 Å². The standard InChI is InChI=1S/C38H27NS/c1-3-10-28(11-4-1)30-18-22-34(23-19-30)39(36-16-9-15-32(26-36)29-12-5-2-6-13-29)35-24-20-31(21-25-35)38-27-33-14-7-8-17-37(33)40-38/h1-27H. The minimum absolute atomic E-state index is 1.12. The number of thiophene rings is 1. The van der Waals surface area contributed by atoms with E-state index in [0.717, 1.165) is 17.1 Å². The molecule has 0 N–H and O–H groups in total. The summed E-state index contributed by atoms with van der Waals surface area (Å²) in [6.07, 6.45) is 0. The molecule has 7 rings (SSSR count). The van der Waals surface area contributed by atoms with Gasteiger partial charge in [-0.2, -0.15) is 0 Å². The fourth-order valence-electron chi connectivity index (χ4n) is 5.23. The summed E-state index contributed by atoms with van der Waals surface area (Å²) in [4.78, 5) is 3.63. The second kappa shape index (κ2) is 10.7. The molecule has 190 valence electrons. The molecule has 0 unspecified atom stereocenters. The molecule has 0 aliphatic carbocycles. The van der Waals surface area contributed by atoms with Crippen LogP contribution in [0.2, 0.25) is 0 Å². The van der Waals surface area contributed by atoms with E-state index in [2.05, 4.69) is 169 Å². The quantitative estimate of drug-likeness (QED) is 0.207. The van der Waals surface area contributed by atoms with E-state index in [1.54, 1.807) is 0 Å². The Hall–Kier alpha value is -4.92. The highest BCUT2D eigenvalue weighted by Gasteiger charge is 2.15. The second-order valence-electron chi connectivity index (χ2n) is 9.86. The van der Waals surface area contributed by atoms with Crippen molar-refractivity contribution in [3.63, 3.8) is 0 Å². The second-order valence-corrected chi connectivity index (χ2v) is 10.9. The van der Waals surface area contributed by atoms with Gasteiger partial charge in [0.1, 0.15) is 0 Å². The molecule has 0 amide bonds. The van der Waals surface area contributed by atoms with E-state index in [1.165, 1.54) is 42.8 Å². The van der Waals surface area contributed by atoms with Gasteiger partial charge in [0.25, 0.3) is 0 Å². The summed E-state index contributed by atoms with van der Waals surface area (Å²) in [7, 11) is 0. The third-order valence-electron chi connectivity index (χ3n) is 7.28. The molecule has 1 nitrogen and oxygen atoms in total. The van der Waals surface area contributed by atoms with Crippen LogP contribution in [-0.4, -0.2) is 0 Å². The van der Waals surface area contributed by atoms with Crippen LogP contribution in [0, 0.1) is 0 Å². The smallest absolute Gasteiger partial charge is 0.0467 e. The number of anilines is 3. The zero-order valence-corrected chi connectivity index (χ0v) is 22.8. The van der Waals surface area contributed by atoms with E-state index in [9.17, 15) is 0 Å². The Morgan fingerprint density at radius 1 is 0.350 bits per heavy atom. The van der Waals surface area contributed by atoms with Crippen LogP contribution in [0.25, 0.3) is 42.8 Å². The highest BCUT2D eigenvalue weighted by molar-refractivity contribution is 7.22. The normalized spacial score (nSPS) is 11.0. The molecule has 7 aromatic rings. The largest absolute Gasteiger partial charge is 0.310 e. The molecule has 0 saturated heterocycles. The number of hydrogen-bond acceptors (Lipinski definition) is 2. The summed E-state index contributed by atoms with van der Waals surface area (Å²) in [5.41, 5.74) is 9.46. The summed E-state index contributed by atoms with van der Waals surface area (Å²) in [6.45, 7) is 0. The first kappa shape index (κ1) is 24.1. The van der Waals surface area contributed by atoms with Crippen LogP contribution in [0.15, 0.2) is 164 Å². The summed E-state index contributed by atoms with van der Waals surface area (Å²) >= 11 is 1.84. The van der Waals surface area contributed by atoms with E-state index >= 15 is 0 Å². The van der Waals surface area contributed by atoms with E-state index in [-0.39, 0.29) is 0 Å². The van der Waals surface area contributed by atoms with Crippen molar-refractivity contribution in [1.82, 2.24) is 0 Å². The van der Waals surface area contributed by atoms with Gasteiger partial charge in [0.05, 0.1) is 0 Å². The van der Waals surface area contributed by atoms with Gasteiger partial charge in [-0.1, -0.05) is 115 Å². The Bertz CT molecular complexity index is 1840. The molecule has 0 fully saturated rings. The predicted octanol–water partition coefficient (Wildman–Crippen LogP) is 11.4. The van der Waals surface area contributed by atoms with Gasteiger partial charge in [-0.3, -0.25) is 0 Å². The van der Waals surface area contributed by atoms with Crippen molar-refractivity contribution in [2.45, 2.75) is 0 Å². The van der Waals surface area contributed by atoms with Crippen molar-refractivity contribution >= 4 is 38.5 Å². The van der Waals surface area contributed by atoms with Crippen LogP contribution in [0.3, 0.4) is 0 Å². The molecule has 0 saturated carbocycles. The van der Waals surface area contributed by atoms with Crippen LogP contribution >= 0.6 is 11.3 Å². The number of hydrogen-bond donors (Lipinski definition) is 0. The van der Waals surface area contributed by atoms with Crippen molar-refractivity contribution < 1.29 is 0 Å². The monoisotopic (exact) mass is 529 g/mol. The zero-order valence-electron chi connectivity index (χ0n) is 21.9. The van der Waals surface area contributed by atoms with Crippen molar-refractivity contribution in [2.75, 3.05) is 4.90 Å². The van der Waals surface area contributed by atoms with Crippen molar-refractivity contribution in [3.8, 4) is 32.7 Å². The lowest BCUT2D eigenvalue weighted by Gasteiger charge is -2.26. The van der Waals surface area contributed by atoms with Crippen molar-refractivity contribution in [3.05, 3.63) is 164 Å². The zero-order chi connectivity index (χ0) is 26.7. The average molecular weight is 530 g/mol. The SMILES string of the molecule is c1ccc(-c2ccc(N(c3ccc(-c4cc5ccccc5s4)cc3)c3cccc(-c4ccccc4)c3)cc2)cc1. The van der Waals surface area contributed by atoms with Crippen molar-refractivity contribution in [1.29, 1.82) is 0 Å². The molecule has 1 aromatic heterocycles. The Morgan fingerprint density at radius 3 is 1.52 bits per heavy atom. The van der Waals surface area contributed by atoms with Gasteiger partial charge >= 0.3 is 0 Å². The van der Waals surface area contributed by atoms with Gasteiger partial charge in [0.2, 0.25) is 0 Å². The predicted molar refractivity (Wildman–Crippen MR) is 173 cm³/mol. The molecule has 0 radical (unpaired) electrons. The molecule has 0 atom stereocenters. The van der Waals surface area contributed by atoms with Gasteiger partial charge in [0, 0.05) is 26.6 Å². The van der Waals surface area contributed by atoms with Crippen LogP contribution in [0.1, 0.15) is 0 Å². The summed E-state index contributed by atoms with van der Waals surface area (Å²) < 4.78 is 1.32. The first-order valence-corrected chi connectivity index (χ1v) is 14.3. The first-order valence-electron chi connectivity index (χ1n) is 13.5. The number of rotatable bonds is 6. The lowest BCUT2D eigenvalue weighted by molar-refractivity contribution is 1.28. The fraction of sp³-hybridized carbons (Fsp3) is 0. The van der Waals surface area contributed by atoms with Gasteiger partial charge in [0.15, 0.2) is 0 Å². The maximum atomic E-state index is 2.34. The summed E-state index contributed by atoms with van der Waals surface area (Å²) in [6, 6.07) is 58.6. The topological polar surface area (TPSA) is 3.24 Å². The van der Waals surface area contributed by atoms with Gasteiger partial charge in [-0.25, -0.2) is 0 Å². The molecule has 40 heavy (non-hydrogen) atoms. The lowest BCUT2D eigenvalue weighted by Crippen LogP contribution is -2.10. The van der Waals surface area contributed by atoms with Crippen LogP contribution < -0.4 is 4.90 Å². The third-order valence-corrected chi connectivity index (χ3v) is 8.44. The fourth-order valence-corrected chi connectivity index (χ4v) is 6.30. The molecular formula is C38H27NS. The van der Waals surface area contributed by atoms with Gasteiger partial charge in [-0.05, 0) is 81.7 Å². The Kier molecular flexibility index (Phi) is 6.45. The molecule has 0 spiro atoms. The Labute approximate surface area is 239 Å². The summed E-state index contributed by atoms with van der Waals surface area (Å²) in [5, 5.41) is 1.30. The minimum Gasteiger partial charge on any atom is -0.310 e. The van der Waals surface area contributed by atoms with Crippen molar-refractivity contribution in [2.24, 2.45) is 0 Å². The first-order chi connectivity index (χ1) is 19.8. The average Bonchev–Trinajstić information content (AvgIpc) is 3.48. The molecule has 0 aliphatic heterocycles. The lowest BCUT2D eigenvalue weighted by atomic mass is 10.0. The number of benzene rings is 6. The number of nitrogens with zero attached hydrogens (tertiary/aromatic N) is 1. The van der Waals surface area contributed by atoms with E-state index in [1.807, 2.05) is 11.3 Å². The highest BCUT2D eigenvalue weighted by Crippen LogP contribution is 2.39. The molecule has 1 heterocycles. The van der Waals surface area contributed by atoms with Gasteiger partial charge < -0.3 is 4.90 Å². The van der Waals surface area contributed by atoms with Crippen LogP contribution in [-0.2, 0) is 0 Å². The molecule has 0 bridgehead atoms. The molecule has 2 heteroatoms. The van der Waals surface area contributed by atoms with Crippen LogP contribution in [0.5, 0.6) is 0 Å². The van der Waals surface area contributed by atoms with Gasteiger partial charge in [-0.15, -0.1) is 11.3 Å². The number of fused-ring (bicyclic) bond motifs is 1. The minimum atomic E-state index is 1.12. The maximum absolute atomic E-state index is 2.34. The maximum Gasteiger partial charge on any atom is 0.0467 e. The van der Waals surface area contributed by atoms with E-state index in [4.69, 9.17) is 0 Å². The Morgan fingerprint density at radius 2 is 0.875 bits per heavy atom. The molecule has 6 aromatic carbocycles. The highest BCUT2D eigenvalue weighted by atomic mass is 32.1. The summed E-state index contributed by atoms with van der Waals surface area (Å²) in [5.74, 6) is 0. The molecular weight excluding hydrogens is 502 g/mol. The third kappa shape index (κ3) is 4.82. The van der Waals surface area contributed by atoms with Crippen LogP contribution in [0.4, 0.5) is 17.1 Å². The van der Waals surface area contributed by atoms with E-state index < -0.39 is 0 Å². The molecule has 0 aliphatic rings. The Balaban J connectivity index is 1.30.